The standard InChI is InChI=1S/C17H23NO4S/c1-10-6-13(17(21)22)9-18(8-10)16(20)5-4-15(19)14-7-11(2)23-12(14)3/h7,10,13H,4-6,8-9H2,1-3H3,(H,21,22). The number of nitrogens with zero attached hydrogens (tertiary/aromatic N) is 1. The van der Waals surface area contributed by atoms with Gasteiger partial charge in [-0.05, 0) is 32.3 Å². The predicted octanol–water partition coefficient (Wildman–Crippen LogP) is 2.90. The fraction of sp³-hybridized carbons (Fsp3) is 0.588. The highest BCUT2D eigenvalue weighted by molar-refractivity contribution is 7.12. The molecule has 1 N–H and O–H groups in total. The van der Waals surface area contributed by atoms with Crippen LogP contribution in [0, 0.1) is 25.7 Å². The number of carboxylic acid groups (broad SMARTS) is 1. The Morgan fingerprint density at radius 2 is 1.96 bits per heavy atom. The summed E-state index contributed by atoms with van der Waals surface area (Å²) >= 11 is 1.58. The molecule has 1 aromatic heterocycles. The van der Waals surface area contributed by atoms with Crippen LogP contribution in [0.4, 0.5) is 0 Å². The lowest BCUT2D eigenvalue weighted by Crippen LogP contribution is -2.45. The van der Waals surface area contributed by atoms with Crippen molar-refractivity contribution in [2.24, 2.45) is 11.8 Å². The van der Waals surface area contributed by atoms with Crippen molar-refractivity contribution in [3.8, 4) is 0 Å². The lowest BCUT2D eigenvalue weighted by Gasteiger charge is -2.34. The van der Waals surface area contributed by atoms with Crippen molar-refractivity contribution in [3.63, 3.8) is 0 Å². The van der Waals surface area contributed by atoms with Crippen LogP contribution in [0.25, 0.3) is 0 Å². The number of carbonyl (C=O) groups excluding carboxylic acids is 2. The summed E-state index contributed by atoms with van der Waals surface area (Å²) in [5.41, 5.74) is 0.704. The maximum atomic E-state index is 12.3. The summed E-state index contributed by atoms with van der Waals surface area (Å²) in [4.78, 5) is 39.4. The molecule has 6 heteroatoms. The highest BCUT2D eigenvalue weighted by Crippen LogP contribution is 2.24. The van der Waals surface area contributed by atoms with Gasteiger partial charge in [0.2, 0.25) is 5.91 Å². The fourth-order valence-electron chi connectivity index (χ4n) is 3.16. The smallest absolute Gasteiger partial charge is 0.308 e. The van der Waals surface area contributed by atoms with Gasteiger partial charge >= 0.3 is 5.97 Å². The maximum Gasteiger partial charge on any atom is 0.308 e. The molecular weight excluding hydrogens is 314 g/mol. The molecule has 0 aromatic carbocycles. The quantitative estimate of drug-likeness (QED) is 0.838. The minimum absolute atomic E-state index is 0.0138. The van der Waals surface area contributed by atoms with Gasteiger partial charge in [-0.2, -0.15) is 0 Å². The topological polar surface area (TPSA) is 74.7 Å². The third-order valence-electron chi connectivity index (χ3n) is 4.27. The molecule has 2 atom stereocenters. The van der Waals surface area contributed by atoms with Gasteiger partial charge < -0.3 is 10.0 Å². The maximum absolute atomic E-state index is 12.3. The first-order chi connectivity index (χ1) is 10.8. The Morgan fingerprint density at radius 3 is 2.52 bits per heavy atom. The summed E-state index contributed by atoms with van der Waals surface area (Å²) in [6.07, 6.45) is 0.927. The number of hydrogen-bond acceptors (Lipinski definition) is 4. The molecule has 1 saturated heterocycles. The minimum atomic E-state index is -0.852. The predicted molar refractivity (Wildman–Crippen MR) is 88.8 cm³/mol. The number of ketones is 1. The molecule has 0 aliphatic carbocycles. The van der Waals surface area contributed by atoms with E-state index in [0.29, 0.717) is 18.5 Å². The van der Waals surface area contributed by atoms with E-state index in [4.69, 9.17) is 5.11 Å². The Hall–Kier alpha value is -1.69. The van der Waals surface area contributed by atoms with E-state index < -0.39 is 11.9 Å². The largest absolute Gasteiger partial charge is 0.481 e. The molecule has 0 spiro atoms. The zero-order valence-corrected chi connectivity index (χ0v) is 14.6. The van der Waals surface area contributed by atoms with Crippen LogP contribution in [0.2, 0.25) is 0 Å². The van der Waals surface area contributed by atoms with Crippen molar-refractivity contribution in [2.45, 2.75) is 40.0 Å². The van der Waals surface area contributed by atoms with Crippen molar-refractivity contribution in [2.75, 3.05) is 13.1 Å². The van der Waals surface area contributed by atoms with Crippen molar-refractivity contribution < 1.29 is 19.5 Å². The number of hydrogen-bond donors (Lipinski definition) is 1. The molecule has 1 aromatic rings. The van der Waals surface area contributed by atoms with E-state index in [9.17, 15) is 14.4 Å². The molecule has 1 aliphatic heterocycles. The first-order valence-corrected chi connectivity index (χ1v) is 8.70. The van der Waals surface area contributed by atoms with Crippen LogP contribution >= 0.6 is 11.3 Å². The first kappa shape index (κ1) is 17.7. The number of carbonyl (C=O) groups is 3. The molecule has 126 valence electrons. The van der Waals surface area contributed by atoms with Crippen molar-refractivity contribution in [1.82, 2.24) is 4.90 Å². The molecule has 1 amide bonds. The van der Waals surface area contributed by atoms with Crippen LogP contribution in [0.1, 0.15) is 46.3 Å². The van der Waals surface area contributed by atoms with Crippen LogP contribution in [-0.4, -0.2) is 40.8 Å². The number of rotatable bonds is 5. The minimum Gasteiger partial charge on any atom is -0.481 e. The first-order valence-electron chi connectivity index (χ1n) is 7.88. The number of aliphatic carboxylic acids is 1. The van der Waals surface area contributed by atoms with Crippen LogP contribution in [0.5, 0.6) is 0 Å². The summed E-state index contributed by atoms with van der Waals surface area (Å²) < 4.78 is 0. The molecular formula is C17H23NO4S. The van der Waals surface area contributed by atoms with Gasteiger partial charge in [-0.3, -0.25) is 14.4 Å². The molecule has 23 heavy (non-hydrogen) atoms. The van der Waals surface area contributed by atoms with Crippen molar-refractivity contribution >= 4 is 29.0 Å². The lowest BCUT2D eigenvalue weighted by molar-refractivity contribution is -0.146. The second-order valence-electron chi connectivity index (χ2n) is 6.42. The molecule has 0 bridgehead atoms. The highest BCUT2D eigenvalue weighted by Gasteiger charge is 2.31. The zero-order chi connectivity index (χ0) is 17.1. The Labute approximate surface area is 140 Å². The second-order valence-corrected chi connectivity index (χ2v) is 7.89. The van der Waals surface area contributed by atoms with E-state index in [-0.39, 0.29) is 37.0 Å². The van der Waals surface area contributed by atoms with Gasteiger partial charge in [0.25, 0.3) is 0 Å². The van der Waals surface area contributed by atoms with Gasteiger partial charge in [-0.1, -0.05) is 6.92 Å². The van der Waals surface area contributed by atoms with E-state index in [2.05, 4.69) is 0 Å². The van der Waals surface area contributed by atoms with E-state index in [1.807, 2.05) is 26.8 Å². The van der Waals surface area contributed by atoms with Crippen molar-refractivity contribution in [3.05, 3.63) is 21.4 Å². The second kappa shape index (κ2) is 7.25. The number of likely N-dealkylation sites (tertiary alicyclic amines) is 1. The average molecular weight is 337 g/mol. The fourth-order valence-corrected chi connectivity index (χ4v) is 4.10. The summed E-state index contributed by atoms with van der Waals surface area (Å²) in [6, 6.07) is 1.87. The van der Waals surface area contributed by atoms with E-state index >= 15 is 0 Å². The molecule has 2 rings (SSSR count). The molecule has 1 aliphatic rings. The normalized spacial score (nSPS) is 21.3. The molecule has 1 fully saturated rings. The SMILES string of the molecule is Cc1cc(C(=O)CCC(=O)N2CC(C)CC(C(=O)O)C2)c(C)s1. The zero-order valence-electron chi connectivity index (χ0n) is 13.8. The van der Waals surface area contributed by atoms with Gasteiger partial charge in [-0.15, -0.1) is 11.3 Å². The van der Waals surface area contributed by atoms with E-state index in [1.165, 1.54) is 0 Å². The summed E-state index contributed by atoms with van der Waals surface area (Å²) in [7, 11) is 0. The van der Waals surface area contributed by atoms with Crippen molar-refractivity contribution in [1.29, 1.82) is 0 Å². The van der Waals surface area contributed by atoms with Gasteiger partial charge in [0.15, 0.2) is 5.78 Å². The highest BCUT2D eigenvalue weighted by atomic mass is 32.1. The van der Waals surface area contributed by atoms with E-state index in [1.54, 1.807) is 16.2 Å². The number of carboxylic acids is 1. The summed E-state index contributed by atoms with van der Waals surface area (Å²) in [6.45, 7) is 6.66. The summed E-state index contributed by atoms with van der Waals surface area (Å²) in [5.74, 6) is -1.32. The van der Waals surface area contributed by atoms with Gasteiger partial charge in [0.1, 0.15) is 0 Å². The number of thiophene rings is 1. The third-order valence-corrected chi connectivity index (χ3v) is 5.23. The molecule has 5 nitrogen and oxygen atoms in total. The van der Waals surface area contributed by atoms with E-state index in [0.717, 1.165) is 9.75 Å². The Balaban J connectivity index is 1.92. The number of piperidine rings is 1. The Bertz CT molecular complexity index is 622. The number of Topliss-reactive ketones (excluding diaryl/α,β-unsaturated/α-hetero) is 1. The van der Waals surface area contributed by atoms with Crippen LogP contribution < -0.4 is 0 Å². The molecule has 2 unspecified atom stereocenters. The molecule has 0 radical (unpaired) electrons. The Morgan fingerprint density at radius 1 is 1.26 bits per heavy atom. The number of amides is 1. The van der Waals surface area contributed by atoms with Crippen LogP contribution in [0.15, 0.2) is 6.07 Å². The monoisotopic (exact) mass is 337 g/mol. The van der Waals surface area contributed by atoms with Crippen LogP contribution in [0.3, 0.4) is 0 Å². The van der Waals surface area contributed by atoms with Gasteiger partial charge in [0.05, 0.1) is 5.92 Å². The molecule has 2 heterocycles. The average Bonchev–Trinajstić information content (AvgIpc) is 2.82. The number of aryl methyl sites for hydroxylation is 2. The summed E-state index contributed by atoms with van der Waals surface area (Å²) in [5, 5.41) is 9.16. The third kappa shape index (κ3) is 4.41. The molecule has 0 saturated carbocycles. The van der Waals surface area contributed by atoms with Gasteiger partial charge in [-0.25, -0.2) is 0 Å². The van der Waals surface area contributed by atoms with Crippen LogP contribution in [-0.2, 0) is 9.59 Å². The van der Waals surface area contributed by atoms with Gasteiger partial charge in [0, 0.05) is 41.2 Å². The Kier molecular flexibility index (Phi) is 5.57. The lowest BCUT2D eigenvalue weighted by atomic mass is 9.90.